The highest BCUT2D eigenvalue weighted by atomic mass is 19.1. The van der Waals surface area contributed by atoms with Crippen LogP contribution in [0.15, 0.2) is 18.3 Å². The summed E-state index contributed by atoms with van der Waals surface area (Å²) in [5, 5.41) is 0. The first-order valence-corrected chi connectivity index (χ1v) is 5.64. The smallest absolute Gasteiger partial charge is 0.258 e. The summed E-state index contributed by atoms with van der Waals surface area (Å²) in [7, 11) is 1.58. The van der Waals surface area contributed by atoms with Crippen molar-refractivity contribution in [3.63, 3.8) is 0 Å². The maximum atomic E-state index is 13.4. The Morgan fingerprint density at radius 2 is 2.41 bits per heavy atom. The van der Waals surface area contributed by atoms with Crippen LogP contribution in [-0.2, 0) is 4.74 Å². The van der Waals surface area contributed by atoms with E-state index in [0.717, 1.165) is 12.8 Å². The first kappa shape index (κ1) is 12.0. The molecule has 92 valence electrons. The van der Waals surface area contributed by atoms with E-state index in [1.807, 2.05) is 0 Å². The van der Waals surface area contributed by atoms with Crippen molar-refractivity contribution in [3.8, 4) is 0 Å². The topological polar surface area (TPSA) is 42.4 Å². The second kappa shape index (κ2) is 5.23. The summed E-state index contributed by atoms with van der Waals surface area (Å²) < 4.78 is 18.4. The van der Waals surface area contributed by atoms with E-state index in [1.54, 1.807) is 18.1 Å². The Labute approximate surface area is 99.4 Å². The van der Waals surface area contributed by atoms with Crippen molar-refractivity contribution in [2.45, 2.75) is 18.9 Å². The Morgan fingerprint density at radius 1 is 1.65 bits per heavy atom. The molecule has 0 bridgehead atoms. The fourth-order valence-electron chi connectivity index (χ4n) is 1.73. The third-order valence-electron chi connectivity index (χ3n) is 2.77. The molecule has 0 aliphatic heterocycles. The molecular formula is C12H15FN2O2. The maximum Gasteiger partial charge on any atom is 0.258 e. The van der Waals surface area contributed by atoms with Crippen LogP contribution >= 0.6 is 0 Å². The van der Waals surface area contributed by atoms with Gasteiger partial charge in [-0.15, -0.1) is 0 Å². The molecule has 0 N–H and O–H groups in total. The van der Waals surface area contributed by atoms with Crippen molar-refractivity contribution in [2.24, 2.45) is 0 Å². The van der Waals surface area contributed by atoms with Gasteiger partial charge in [0.05, 0.1) is 12.2 Å². The molecule has 17 heavy (non-hydrogen) atoms. The average molecular weight is 238 g/mol. The lowest BCUT2D eigenvalue weighted by Crippen LogP contribution is -2.36. The number of hydrogen-bond donors (Lipinski definition) is 0. The minimum Gasteiger partial charge on any atom is -0.383 e. The summed E-state index contributed by atoms with van der Waals surface area (Å²) in [5.74, 6) is -1.00. The number of amides is 1. The molecule has 1 aliphatic rings. The molecule has 0 atom stereocenters. The number of carbonyl (C=O) groups excluding carboxylic acids is 1. The first-order valence-electron chi connectivity index (χ1n) is 5.64. The predicted molar refractivity (Wildman–Crippen MR) is 60.1 cm³/mol. The number of methoxy groups -OCH3 is 1. The number of hydrogen-bond acceptors (Lipinski definition) is 3. The van der Waals surface area contributed by atoms with Crippen molar-refractivity contribution in [1.29, 1.82) is 0 Å². The summed E-state index contributed by atoms with van der Waals surface area (Å²) in [5.41, 5.74) is 0.0375. The predicted octanol–water partition coefficient (Wildman–Crippen LogP) is 1.47. The average Bonchev–Trinajstić information content (AvgIpc) is 3.14. The molecule has 0 aromatic carbocycles. The molecule has 1 saturated carbocycles. The van der Waals surface area contributed by atoms with Crippen molar-refractivity contribution >= 4 is 5.91 Å². The van der Waals surface area contributed by atoms with Crippen LogP contribution in [0, 0.1) is 5.95 Å². The van der Waals surface area contributed by atoms with Gasteiger partial charge in [-0.25, -0.2) is 4.98 Å². The van der Waals surface area contributed by atoms with Gasteiger partial charge in [-0.05, 0) is 25.0 Å². The summed E-state index contributed by atoms with van der Waals surface area (Å²) in [6.07, 6.45) is 3.30. The van der Waals surface area contributed by atoms with Crippen LogP contribution in [0.1, 0.15) is 23.2 Å². The van der Waals surface area contributed by atoms with Crippen LogP contribution in [0.25, 0.3) is 0 Å². The van der Waals surface area contributed by atoms with Crippen molar-refractivity contribution in [1.82, 2.24) is 9.88 Å². The van der Waals surface area contributed by atoms with Gasteiger partial charge in [0.15, 0.2) is 0 Å². The lowest BCUT2D eigenvalue weighted by atomic mass is 10.2. The molecule has 1 fully saturated rings. The van der Waals surface area contributed by atoms with E-state index in [4.69, 9.17) is 4.74 Å². The van der Waals surface area contributed by atoms with Gasteiger partial charge in [-0.2, -0.15) is 4.39 Å². The fraction of sp³-hybridized carbons (Fsp3) is 0.500. The van der Waals surface area contributed by atoms with Gasteiger partial charge in [-0.3, -0.25) is 4.79 Å². The largest absolute Gasteiger partial charge is 0.383 e. The molecule has 1 heterocycles. The molecule has 1 amide bonds. The van der Waals surface area contributed by atoms with E-state index in [2.05, 4.69) is 4.98 Å². The van der Waals surface area contributed by atoms with E-state index in [-0.39, 0.29) is 17.5 Å². The minimum absolute atomic E-state index is 0.0375. The SMILES string of the molecule is COCCN(C(=O)c1cccnc1F)C1CC1. The van der Waals surface area contributed by atoms with E-state index in [1.165, 1.54) is 12.3 Å². The molecule has 2 rings (SSSR count). The number of carbonyl (C=O) groups is 1. The Hall–Kier alpha value is -1.49. The zero-order valence-corrected chi connectivity index (χ0v) is 9.73. The molecule has 1 aromatic heterocycles. The van der Waals surface area contributed by atoms with Gasteiger partial charge >= 0.3 is 0 Å². The van der Waals surface area contributed by atoms with Crippen molar-refractivity contribution < 1.29 is 13.9 Å². The monoisotopic (exact) mass is 238 g/mol. The number of nitrogens with zero attached hydrogens (tertiary/aromatic N) is 2. The van der Waals surface area contributed by atoms with Crippen molar-refractivity contribution in [3.05, 3.63) is 29.8 Å². The normalized spacial score (nSPS) is 14.7. The number of rotatable bonds is 5. The van der Waals surface area contributed by atoms with Crippen LogP contribution in [-0.4, -0.2) is 42.1 Å². The van der Waals surface area contributed by atoms with Crippen LogP contribution in [0.5, 0.6) is 0 Å². The molecule has 5 heteroatoms. The highest BCUT2D eigenvalue weighted by Gasteiger charge is 2.33. The highest BCUT2D eigenvalue weighted by molar-refractivity contribution is 5.94. The number of aromatic nitrogens is 1. The molecule has 1 aliphatic carbocycles. The summed E-state index contributed by atoms with van der Waals surface area (Å²) in [6.45, 7) is 0.957. The zero-order chi connectivity index (χ0) is 12.3. The lowest BCUT2D eigenvalue weighted by molar-refractivity contribution is 0.0674. The van der Waals surface area contributed by atoms with Crippen LogP contribution in [0.2, 0.25) is 0 Å². The molecule has 0 unspecified atom stereocenters. The third-order valence-corrected chi connectivity index (χ3v) is 2.77. The number of pyridine rings is 1. The second-order valence-corrected chi connectivity index (χ2v) is 4.06. The Bertz CT molecular complexity index is 407. The molecule has 0 spiro atoms. The highest BCUT2D eigenvalue weighted by Crippen LogP contribution is 2.28. The summed E-state index contributed by atoms with van der Waals surface area (Å²) >= 11 is 0. The molecule has 0 saturated heterocycles. The van der Waals surface area contributed by atoms with Gasteiger partial charge in [0.2, 0.25) is 5.95 Å². The molecule has 1 aromatic rings. The van der Waals surface area contributed by atoms with Crippen molar-refractivity contribution in [2.75, 3.05) is 20.3 Å². The quantitative estimate of drug-likeness (QED) is 0.729. The number of halogens is 1. The molecule has 0 radical (unpaired) electrons. The summed E-state index contributed by atoms with van der Waals surface area (Å²) in [6, 6.07) is 3.27. The van der Waals surface area contributed by atoms with Crippen LogP contribution < -0.4 is 0 Å². The lowest BCUT2D eigenvalue weighted by Gasteiger charge is -2.22. The number of ether oxygens (including phenoxy) is 1. The van der Waals surface area contributed by atoms with Gasteiger partial charge in [0.25, 0.3) is 5.91 Å². The molecule has 4 nitrogen and oxygen atoms in total. The maximum absolute atomic E-state index is 13.4. The van der Waals surface area contributed by atoms with Gasteiger partial charge in [0, 0.05) is 25.9 Å². The van der Waals surface area contributed by atoms with E-state index in [9.17, 15) is 9.18 Å². The van der Waals surface area contributed by atoms with Gasteiger partial charge in [0.1, 0.15) is 0 Å². The minimum atomic E-state index is -0.708. The van der Waals surface area contributed by atoms with E-state index < -0.39 is 5.95 Å². The van der Waals surface area contributed by atoms with Crippen LogP contribution in [0.3, 0.4) is 0 Å². The van der Waals surface area contributed by atoms with E-state index >= 15 is 0 Å². The standard InChI is InChI=1S/C12H15FN2O2/c1-17-8-7-15(9-4-5-9)12(16)10-3-2-6-14-11(10)13/h2-3,6,9H,4-5,7-8H2,1H3. The molecular weight excluding hydrogens is 223 g/mol. The van der Waals surface area contributed by atoms with Gasteiger partial charge in [-0.1, -0.05) is 0 Å². The Morgan fingerprint density at radius 3 is 3.00 bits per heavy atom. The Kier molecular flexibility index (Phi) is 3.68. The Balaban J connectivity index is 2.13. The van der Waals surface area contributed by atoms with E-state index in [0.29, 0.717) is 13.2 Å². The summed E-state index contributed by atoms with van der Waals surface area (Å²) in [4.78, 5) is 17.3. The van der Waals surface area contributed by atoms with Crippen LogP contribution in [0.4, 0.5) is 4.39 Å². The zero-order valence-electron chi connectivity index (χ0n) is 9.73. The fourth-order valence-corrected chi connectivity index (χ4v) is 1.73. The van der Waals surface area contributed by atoms with Gasteiger partial charge < -0.3 is 9.64 Å². The second-order valence-electron chi connectivity index (χ2n) is 4.06. The first-order chi connectivity index (χ1) is 8.24. The third kappa shape index (κ3) is 2.79.